The van der Waals surface area contributed by atoms with Crippen LogP contribution >= 0.6 is 12.6 Å². The average Bonchev–Trinajstić information content (AvgIpc) is 2.14. The molecule has 0 radical (unpaired) electrons. The van der Waals surface area contributed by atoms with Crippen molar-refractivity contribution in [2.45, 2.75) is 0 Å². The first kappa shape index (κ1) is 10.8. The van der Waals surface area contributed by atoms with E-state index in [1.54, 1.807) is 0 Å². The van der Waals surface area contributed by atoms with Crippen LogP contribution in [0.15, 0.2) is 18.2 Å². The zero-order valence-electron chi connectivity index (χ0n) is 7.14. The topological polar surface area (TPSA) is 52.4 Å². The predicted molar refractivity (Wildman–Crippen MR) is 52.4 cm³/mol. The summed E-state index contributed by atoms with van der Waals surface area (Å²) in [6, 6.07) is 3.08. The Kier molecular flexibility index (Phi) is 3.70. The van der Waals surface area contributed by atoms with Gasteiger partial charge in [-0.2, -0.15) is 12.6 Å². The number of hydrogen-bond donors (Lipinski definition) is 1. The van der Waals surface area contributed by atoms with Gasteiger partial charge < -0.3 is 4.74 Å². The van der Waals surface area contributed by atoms with Crippen molar-refractivity contribution in [3.63, 3.8) is 0 Å². The fourth-order valence-electron chi connectivity index (χ4n) is 0.910. The molecule has 0 saturated carbocycles. The quantitative estimate of drug-likeness (QED) is 0.477. The zero-order chi connectivity index (χ0) is 10.6. The molecule has 0 spiro atoms. The number of nitrogens with zero attached hydrogens (tertiary/aromatic N) is 1. The SMILES string of the molecule is O=[N+]([O-])c1ccc(F)cc1OCCS. The fourth-order valence-corrected chi connectivity index (χ4v) is 1.00. The lowest BCUT2D eigenvalue weighted by molar-refractivity contribution is -0.385. The molecule has 1 aromatic rings. The van der Waals surface area contributed by atoms with Crippen LogP contribution in [0.1, 0.15) is 0 Å². The van der Waals surface area contributed by atoms with Crippen LogP contribution < -0.4 is 4.74 Å². The second-order valence-corrected chi connectivity index (χ2v) is 2.89. The standard InChI is InChI=1S/C8H8FNO3S/c9-6-1-2-7(10(11)12)8(5-6)13-3-4-14/h1-2,5,14H,3-4H2. The van der Waals surface area contributed by atoms with Crippen LogP contribution in [0.3, 0.4) is 0 Å². The number of nitro groups is 1. The smallest absolute Gasteiger partial charge is 0.311 e. The molecule has 0 amide bonds. The van der Waals surface area contributed by atoms with Crippen molar-refractivity contribution >= 4 is 18.3 Å². The molecule has 0 aromatic heterocycles. The largest absolute Gasteiger partial charge is 0.486 e. The third-order valence-corrected chi connectivity index (χ3v) is 1.65. The van der Waals surface area contributed by atoms with Gasteiger partial charge in [0.1, 0.15) is 5.82 Å². The van der Waals surface area contributed by atoms with Crippen LogP contribution in [0.5, 0.6) is 5.75 Å². The van der Waals surface area contributed by atoms with Crippen LogP contribution in [-0.4, -0.2) is 17.3 Å². The molecule has 0 saturated heterocycles. The molecule has 4 nitrogen and oxygen atoms in total. The molecule has 1 aromatic carbocycles. The van der Waals surface area contributed by atoms with Gasteiger partial charge in [0.05, 0.1) is 11.5 Å². The number of benzene rings is 1. The lowest BCUT2D eigenvalue weighted by atomic mass is 10.3. The summed E-state index contributed by atoms with van der Waals surface area (Å²) in [5.41, 5.74) is -0.242. The van der Waals surface area contributed by atoms with Gasteiger partial charge in [0.25, 0.3) is 0 Å². The number of thiol groups is 1. The molecule has 6 heteroatoms. The molecule has 0 atom stereocenters. The summed E-state index contributed by atoms with van der Waals surface area (Å²) in [5.74, 6) is -0.220. The Morgan fingerprint density at radius 1 is 1.57 bits per heavy atom. The number of nitro benzene ring substituents is 1. The van der Waals surface area contributed by atoms with Gasteiger partial charge in [0, 0.05) is 17.9 Å². The van der Waals surface area contributed by atoms with Gasteiger partial charge in [-0.15, -0.1) is 0 Å². The van der Waals surface area contributed by atoms with Crippen molar-refractivity contribution in [3.05, 3.63) is 34.1 Å². The number of hydrogen-bond acceptors (Lipinski definition) is 4. The van der Waals surface area contributed by atoms with Crippen molar-refractivity contribution < 1.29 is 14.1 Å². The van der Waals surface area contributed by atoms with Crippen molar-refractivity contribution in [1.29, 1.82) is 0 Å². The normalized spacial score (nSPS) is 9.86. The molecule has 76 valence electrons. The second kappa shape index (κ2) is 4.80. The lowest BCUT2D eigenvalue weighted by Crippen LogP contribution is -2.01. The number of halogens is 1. The van der Waals surface area contributed by atoms with Crippen LogP contribution in [0.2, 0.25) is 0 Å². The van der Waals surface area contributed by atoms with E-state index in [2.05, 4.69) is 12.6 Å². The summed E-state index contributed by atoms with van der Waals surface area (Å²) in [4.78, 5) is 9.86. The summed E-state index contributed by atoms with van der Waals surface area (Å²) >= 11 is 3.87. The summed E-state index contributed by atoms with van der Waals surface area (Å²) in [7, 11) is 0. The molecular weight excluding hydrogens is 209 g/mol. The average molecular weight is 217 g/mol. The Morgan fingerprint density at radius 2 is 2.29 bits per heavy atom. The maximum absolute atomic E-state index is 12.7. The highest BCUT2D eigenvalue weighted by molar-refractivity contribution is 7.80. The van der Waals surface area contributed by atoms with Crippen molar-refractivity contribution in [2.24, 2.45) is 0 Å². The van der Waals surface area contributed by atoms with Crippen LogP contribution in [0.4, 0.5) is 10.1 Å². The molecule has 0 unspecified atom stereocenters. The molecule has 0 fully saturated rings. The summed E-state index contributed by atoms with van der Waals surface area (Å²) < 4.78 is 17.7. The van der Waals surface area contributed by atoms with Gasteiger partial charge in [-0.25, -0.2) is 4.39 Å². The summed E-state index contributed by atoms with van der Waals surface area (Å²) in [6.45, 7) is 0.202. The lowest BCUT2D eigenvalue weighted by Gasteiger charge is -2.04. The number of rotatable bonds is 4. The van der Waals surface area contributed by atoms with Gasteiger partial charge >= 0.3 is 5.69 Å². The molecule has 0 aliphatic rings. The first-order valence-corrected chi connectivity index (χ1v) is 4.46. The summed E-state index contributed by atoms with van der Waals surface area (Å²) in [5, 5.41) is 10.5. The van der Waals surface area contributed by atoms with Crippen LogP contribution in [0, 0.1) is 15.9 Å². The molecule has 0 heterocycles. The van der Waals surface area contributed by atoms with Crippen molar-refractivity contribution in [3.8, 4) is 5.75 Å². The molecular formula is C8H8FNO3S. The Bertz CT molecular complexity index is 345. The van der Waals surface area contributed by atoms with Gasteiger partial charge in [-0.1, -0.05) is 0 Å². The second-order valence-electron chi connectivity index (χ2n) is 2.44. The minimum atomic E-state index is -0.618. The third kappa shape index (κ3) is 2.59. The van der Waals surface area contributed by atoms with Gasteiger partial charge in [0.15, 0.2) is 5.75 Å². The monoisotopic (exact) mass is 217 g/mol. The minimum absolute atomic E-state index is 0.0657. The van der Waals surface area contributed by atoms with Gasteiger partial charge in [-0.05, 0) is 6.07 Å². The van der Waals surface area contributed by atoms with Gasteiger partial charge in [-0.3, -0.25) is 10.1 Å². The Morgan fingerprint density at radius 3 is 2.86 bits per heavy atom. The highest BCUT2D eigenvalue weighted by Crippen LogP contribution is 2.27. The van der Waals surface area contributed by atoms with E-state index in [4.69, 9.17) is 4.74 Å². The zero-order valence-corrected chi connectivity index (χ0v) is 8.04. The molecule has 0 aliphatic heterocycles. The fraction of sp³-hybridized carbons (Fsp3) is 0.250. The number of ether oxygens (including phenoxy) is 1. The minimum Gasteiger partial charge on any atom is -0.486 e. The highest BCUT2D eigenvalue weighted by atomic mass is 32.1. The van der Waals surface area contributed by atoms with E-state index in [9.17, 15) is 14.5 Å². The highest BCUT2D eigenvalue weighted by Gasteiger charge is 2.15. The molecule has 14 heavy (non-hydrogen) atoms. The van der Waals surface area contributed by atoms with E-state index in [0.717, 1.165) is 18.2 Å². The Balaban J connectivity index is 2.97. The molecule has 1 rings (SSSR count). The maximum atomic E-state index is 12.7. The van der Waals surface area contributed by atoms with E-state index < -0.39 is 10.7 Å². The first-order chi connectivity index (χ1) is 6.65. The first-order valence-electron chi connectivity index (χ1n) is 3.82. The van der Waals surface area contributed by atoms with Crippen molar-refractivity contribution in [1.82, 2.24) is 0 Å². The molecule has 0 N–H and O–H groups in total. The van der Waals surface area contributed by atoms with Crippen molar-refractivity contribution in [2.75, 3.05) is 12.4 Å². The summed E-state index contributed by atoms with van der Waals surface area (Å²) in [6.07, 6.45) is 0. The van der Waals surface area contributed by atoms with E-state index in [-0.39, 0.29) is 18.0 Å². The van der Waals surface area contributed by atoms with Gasteiger partial charge in [0.2, 0.25) is 0 Å². The Labute approximate surface area is 85.2 Å². The van der Waals surface area contributed by atoms with E-state index in [0.29, 0.717) is 5.75 Å². The van der Waals surface area contributed by atoms with Crippen LogP contribution in [0.25, 0.3) is 0 Å². The predicted octanol–water partition coefficient (Wildman–Crippen LogP) is 2.04. The maximum Gasteiger partial charge on any atom is 0.311 e. The third-order valence-electron chi connectivity index (χ3n) is 1.47. The van der Waals surface area contributed by atoms with E-state index in [1.165, 1.54) is 0 Å². The Hall–Kier alpha value is -1.30. The van der Waals surface area contributed by atoms with Crippen LogP contribution in [-0.2, 0) is 0 Å². The molecule has 0 aliphatic carbocycles. The molecule has 0 bridgehead atoms. The van der Waals surface area contributed by atoms with E-state index in [1.807, 2.05) is 0 Å². The van der Waals surface area contributed by atoms with E-state index >= 15 is 0 Å².